The van der Waals surface area contributed by atoms with Gasteiger partial charge in [-0.25, -0.2) is 0 Å². The predicted molar refractivity (Wildman–Crippen MR) is 34.8 cm³/mol. The smallest absolute Gasteiger partial charge is 0.0898 e. The van der Waals surface area contributed by atoms with Crippen molar-refractivity contribution in [2.45, 2.75) is 0 Å². The average Bonchev–Trinajstić information content (AvgIpc) is 2.18. The van der Waals surface area contributed by atoms with Crippen molar-refractivity contribution in [3.05, 3.63) is 24.0 Å². The molecule has 1 aromatic heterocycles. The Balaban J connectivity index is 2.94. The minimum absolute atomic E-state index is 0.887. The summed E-state index contributed by atoms with van der Waals surface area (Å²) >= 11 is 0. The van der Waals surface area contributed by atoms with Gasteiger partial charge >= 0.3 is 0 Å². The van der Waals surface area contributed by atoms with Gasteiger partial charge in [-0.1, -0.05) is 5.16 Å². The molecule has 0 bridgehead atoms. The van der Waals surface area contributed by atoms with Crippen LogP contribution in [0.4, 0.5) is 0 Å². The highest BCUT2D eigenvalue weighted by atomic mass is 16.4. The van der Waals surface area contributed by atoms with Crippen molar-refractivity contribution in [2.75, 3.05) is 0 Å². The second kappa shape index (κ2) is 2.35. The molecule has 0 aliphatic rings. The predicted octanol–water partition coefficient (Wildman–Crippen LogP) is 0.833. The highest BCUT2D eigenvalue weighted by Crippen LogP contribution is 1.93. The van der Waals surface area contributed by atoms with Gasteiger partial charge in [0.1, 0.15) is 0 Å². The van der Waals surface area contributed by atoms with Crippen LogP contribution in [-0.4, -0.2) is 16.0 Å². The van der Waals surface area contributed by atoms with Crippen LogP contribution in [0.25, 0.3) is 0 Å². The van der Waals surface area contributed by atoms with Gasteiger partial charge in [0.2, 0.25) is 0 Å². The molecule has 3 heteroatoms. The first-order valence-electron chi connectivity index (χ1n) is 2.63. The van der Waals surface area contributed by atoms with E-state index in [9.17, 15) is 0 Å². The number of nitrogens with zero attached hydrogens (tertiary/aromatic N) is 2. The molecule has 0 saturated carbocycles. The largest absolute Gasteiger partial charge is 0.411 e. The Morgan fingerprint density at radius 1 is 1.78 bits per heavy atom. The lowest BCUT2D eigenvalue weighted by Gasteiger charge is -1.91. The molecule has 0 unspecified atom stereocenters. The van der Waals surface area contributed by atoms with Crippen LogP contribution in [0, 0.1) is 0 Å². The van der Waals surface area contributed by atoms with E-state index in [1.807, 2.05) is 29.9 Å². The maximum atomic E-state index is 8.12. The van der Waals surface area contributed by atoms with Crippen molar-refractivity contribution in [1.29, 1.82) is 0 Å². The number of hydrogen-bond donors (Lipinski definition) is 1. The summed E-state index contributed by atoms with van der Waals surface area (Å²) in [7, 11) is 1.89. The molecule has 1 heterocycles. The van der Waals surface area contributed by atoms with Crippen LogP contribution in [0.1, 0.15) is 5.69 Å². The minimum Gasteiger partial charge on any atom is -0.411 e. The van der Waals surface area contributed by atoms with E-state index in [4.69, 9.17) is 5.21 Å². The molecule has 0 aliphatic carbocycles. The first kappa shape index (κ1) is 5.88. The summed E-state index contributed by atoms with van der Waals surface area (Å²) in [6, 6.07) is 3.75. The third-order valence-corrected chi connectivity index (χ3v) is 1.17. The second-order valence-electron chi connectivity index (χ2n) is 1.79. The Morgan fingerprint density at radius 3 is 3.00 bits per heavy atom. The molecule has 0 radical (unpaired) electrons. The fourth-order valence-electron chi connectivity index (χ4n) is 0.668. The Labute approximate surface area is 53.2 Å². The third-order valence-electron chi connectivity index (χ3n) is 1.17. The Morgan fingerprint density at radius 2 is 2.56 bits per heavy atom. The number of rotatable bonds is 1. The van der Waals surface area contributed by atoms with Gasteiger partial charge in [-0.15, -0.1) is 0 Å². The van der Waals surface area contributed by atoms with Crippen LogP contribution < -0.4 is 0 Å². The minimum atomic E-state index is 0.887. The highest BCUT2D eigenvalue weighted by Gasteiger charge is 1.88. The zero-order valence-corrected chi connectivity index (χ0v) is 5.15. The van der Waals surface area contributed by atoms with Crippen LogP contribution >= 0.6 is 0 Å². The number of oxime groups is 1. The molecule has 1 N–H and O–H groups in total. The van der Waals surface area contributed by atoms with E-state index in [0.717, 1.165) is 5.69 Å². The topological polar surface area (TPSA) is 37.5 Å². The molecule has 48 valence electrons. The fourth-order valence-corrected chi connectivity index (χ4v) is 0.668. The van der Waals surface area contributed by atoms with Gasteiger partial charge in [0, 0.05) is 13.2 Å². The number of aryl methyl sites for hydroxylation is 1. The van der Waals surface area contributed by atoms with E-state index < -0.39 is 0 Å². The van der Waals surface area contributed by atoms with Gasteiger partial charge in [0.15, 0.2) is 0 Å². The van der Waals surface area contributed by atoms with Crippen LogP contribution in [0.15, 0.2) is 23.5 Å². The molecule has 9 heavy (non-hydrogen) atoms. The van der Waals surface area contributed by atoms with E-state index in [1.54, 1.807) is 0 Å². The molecular formula is C6H8N2O. The van der Waals surface area contributed by atoms with E-state index >= 15 is 0 Å². The van der Waals surface area contributed by atoms with E-state index in [-0.39, 0.29) is 0 Å². The van der Waals surface area contributed by atoms with Gasteiger partial charge in [-0.2, -0.15) is 0 Å². The average molecular weight is 124 g/mol. The molecule has 0 spiro atoms. The standard InChI is InChI=1S/C6H8N2O/c1-8-4-2-3-6(8)5-7-9/h2-5,9H,1H3/b7-5-. The maximum Gasteiger partial charge on any atom is 0.0898 e. The van der Waals surface area contributed by atoms with E-state index in [0.29, 0.717) is 0 Å². The van der Waals surface area contributed by atoms with Crippen molar-refractivity contribution in [3.63, 3.8) is 0 Å². The zero-order valence-electron chi connectivity index (χ0n) is 5.15. The molecule has 0 saturated heterocycles. The van der Waals surface area contributed by atoms with Crippen molar-refractivity contribution in [1.82, 2.24) is 4.57 Å². The first-order chi connectivity index (χ1) is 4.34. The molecule has 0 aliphatic heterocycles. The molecule has 3 nitrogen and oxygen atoms in total. The lowest BCUT2D eigenvalue weighted by molar-refractivity contribution is 0.321. The Kier molecular flexibility index (Phi) is 1.53. The summed E-state index contributed by atoms with van der Waals surface area (Å²) in [4.78, 5) is 0. The van der Waals surface area contributed by atoms with Gasteiger partial charge in [-0.3, -0.25) is 0 Å². The SMILES string of the molecule is Cn1cccc1/C=N\O. The van der Waals surface area contributed by atoms with Crippen molar-refractivity contribution >= 4 is 6.21 Å². The summed E-state index contributed by atoms with van der Waals surface area (Å²) in [5.74, 6) is 0. The maximum absolute atomic E-state index is 8.12. The van der Waals surface area contributed by atoms with Gasteiger partial charge in [-0.05, 0) is 12.1 Å². The summed E-state index contributed by atoms with van der Waals surface area (Å²) in [5, 5.41) is 11.0. The lowest BCUT2D eigenvalue weighted by atomic mass is 10.5. The normalized spacial score (nSPS) is 10.8. The van der Waals surface area contributed by atoms with Crippen molar-refractivity contribution in [2.24, 2.45) is 12.2 Å². The lowest BCUT2D eigenvalue weighted by Crippen LogP contribution is -1.91. The van der Waals surface area contributed by atoms with Crippen LogP contribution in [0.3, 0.4) is 0 Å². The van der Waals surface area contributed by atoms with Crippen LogP contribution in [0.5, 0.6) is 0 Å². The van der Waals surface area contributed by atoms with Crippen LogP contribution in [0.2, 0.25) is 0 Å². The number of hydrogen-bond acceptors (Lipinski definition) is 2. The number of aromatic nitrogens is 1. The van der Waals surface area contributed by atoms with Gasteiger partial charge in [0.25, 0.3) is 0 Å². The summed E-state index contributed by atoms with van der Waals surface area (Å²) in [6.45, 7) is 0. The molecular weight excluding hydrogens is 116 g/mol. The zero-order chi connectivity index (χ0) is 6.69. The van der Waals surface area contributed by atoms with Gasteiger partial charge < -0.3 is 9.77 Å². The quantitative estimate of drug-likeness (QED) is 0.336. The summed E-state index contributed by atoms with van der Waals surface area (Å²) in [5.41, 5.74) is 0.887. The van der Waals surface area contributed by atoms with E-state index in [1.165, 1.54) is 6.21 Å². The third kappa shape index (κ3) is 1.10. The van der Waals surface area contributed by atoms with Crippen LogP contribution in [-0.2, 0) is 7.05 Å². The Bertz CT molecular complexity index is 215. The Hall–Kier alpha value is -1.25. The highest BCUT2D eigenvalue weighted by molar-refractivity contribution is 5.76. The first-order valence-corrected chi connectivity index (χ1v) is 2.63. The van der Waals surface area contributed by atoms with Crippen molar-refractivity contribution in [3.8, 4) is 0 Å². The summed E-state index contributed by atoms with van der Waals surface area (Å²) in [6.07, 6.45) is 3.27. The molecule has 1 aromatic rings. The molecule has 0 aromatic carbocycles. The monoisotopic (exact) mass is 124 g/mol. The molecule has 1 rings (SSSR count). The molecule has 0 atom stereocenters. The van der Waals surface area contributed by atoms with Gasteiger partial charge in [0.05, 0.1) is 11.9 Å². The second-order valence-corrected chi connectivity index (χ2v) is 1.79. The van der Waals surface area contributed by atoms with E-state index in [2.05, 4.69) is 5.16 Å². The molecule has 0 fully saturated rings. The summed E-state index contributed by atoms with van der Waals surface area (Å²) < 4.78 is 1.86. The molecule has 0 amide bonds. The fraction of sp³-hybridized carbons (Fsp3) is 0.167. The van der Waals surface area contributed by atoms with Crippen molar-refractivity contribution < 1.29 is 5.21 Å².